The van der Waals surface area contributed by atoms with Gasteiger partial charge in [0.2, 0.25) is 0 Å². The SMILES string of the molecule is COC(=O)c1ccc(C(=O)NCC(c2ccccc2)N2CCOCC2)cc1. The molecule has 1 N–H and O–H groups in total. The van der Waals surface area contributed by atoms with Crippen molar-refractivity contribution in [2.24, 2.45) is 0 Å². The van der Waals surface area contributed by atoms with Crippen LogP contribution in [0, 0.1) is 0 Å². The summed E-state index contributed by atoms with van der Waals surface area (Å²) in [7, 11) is 1.33. The van der Waals surface area contributed by atoms with Crippen molar-refractivity contribution in [1.29, 1.82) is 0 Å². The first kappa shape index (κ1) is 19.1. The van der Waals surface area contributed by atoms with E-state index in [4.69, 9.17) is 4.74 Å². The second kappa shape index (κ2) is 9.30. The maximum absolute atomic E-state index is 12.5. The summed E-state index contributed by atoms with van der Waals surface area (Å²) in [6.07, 6.45) is 0. The molecule has 1 aliphatic heterocycles. The fourth-order valence-corrected chi connectivity index (χ4v) is 3.19. The Morgan fingerprint density at radius 3 is 2.30 bits per heavy atom. The Bertz CT molecular complexity index is 756. The van der Waals surface area contributed by atoms with Gasteiger partial charge in [0.15, 0.2) is 0 Å². The number of nitrogens with one attached hydrogen (secondary N) is 1. The van der Waals surface area contributed by atoms with Crippen LogP contribution in [0.3, 0.4) is 0 Å². The largest absolute Gasteiger partial charge is 0.465 e. The molecule has 142 valence electrons. The Labute approximate surface area is 159 Å². The van der Waals surface area contributed by atoms with Crippen LogP contribution in [0.2, 0.25) is 0 Å². The molecule has 27 heavy (non-hydrogen) atoms. The average molecular weight is 368 g/mol. The first-order valence-corrected chi connectivity index (χ1v) is 9.02. The third-order valence-corrected chi connectivity index (χ3v) is 4.69. The van der Waals surface area contributed by atoms with Gasteiger partial charge in [-0.05, 0) is 29.8 Å². The van der Waals surface area contributed by atoms with E-state index in [1.54, 1.807) is 24.3 Å². The summed E-state index contributed by atoms with van der Waals surface area (Å²) >= 11 is 0. The number of amides is 1. The lowest BCUT2D eigenvalue weighted by Gasteiger charge is -2.35. The Morgan fingerprint density at radius 1 is 1.04 bits per heavy atom. The van der Waals surface area contributed by atoms with Crippen molar-refractivity contribution in [3.63, 3.8) is 0 Å². The number of ether oxygens (including phenoxy) is 2. The minimum absolute atomic E-state index is 0.0911. The predicted octanol–water partition coefficient (Wildman–Crippen LogP) is 2.28. The molecule has 3 rings (SSSR count). The van der Waals surface area contributed by atoms with Crippen LogP contribution in [0.25, 0.3) is 0 Å². The zero-order valence-corrected chi connectivity index (χ0v) is 15.4. The molecule has 6 heteroatoms. The number of hydrogen-bond acceptors (Lipinski definition) is 5. The zero-order valence-electron chi connectivity index (χ0n) is 15.4. The molecular weight excluding hydrogens is 344 g/mol. The molecule has 1 unspecified atom stereocenters. The van der Waals surface area contributed by atoms with Gasteiger partial charge in [0, 0.05) is 25.2 Å². The van der Waals surface area contributed by atoms with Gasteiger partial charge in [-0.3, -0.25) is 9.69 Å². The second-order valence-corrected chi connectivity index (χ2v) is 6.35. The maximum atomic E-state index is 12.5. The van der Waals surface area contributed by atoms with Crippen LogP contribution in [-0.2, 0) is 9.47 Å². The van der Waals surface area contributed by atoms with E-state index in [-0.39, 0.29) is 11.9 Å². The molecular formula is C21H24N2O4. The summed E-state index contributed by atoms with van der Waals surface area (Å²) in [6.45, 7) is 3.58. The minimum Gasteiger partial charge on any atom is -0.465 e. The summed E-state index contributed by atoms with van der Waals surface area (Å²) in [5.41, 5.74) is 2.10. The van der Waals surface area contributed by atoms with Crippen LogP contribution in [-0.4, -0.2) is 56.7 Å². The zero-order chi connectivity index (χ0) is 19.1. The third kappa shape index (κ3) is 4.93. The van der Waals surface area contributed by atoms with Crippen LogP contribution in [0.5, 0.6) is 0 Å². The van der Waals surface area contributed by atoms with Gasteiger partial charge in [-0.25, -0.2) is 4.79 Å². The lowest BCUT2D eigenvalue weighted by molar-refractivity contribution is 0.0162. The van der Waals surface area contributed by atoms with E-state index in [0.29, 0.717) is 30.9 Å². The van der Waals surface area contributed by atoms with Crippen LogP contribution in [0.15, 0.2) is 54.6 Å². The van der Waals surface area contributed by atoms with E-state index in [1.807, 2.05) is 18.2 Å². The number of methoxy groups -OCH3 is 1. The van der Waals surface area contributed by atoms with Crippen LogP contribution in [0.4, 0.5) is 0 Å². The molecule has 1 fully saturated rings. The Kier molecular flexibility index (Phi) is 6.57. The Balaban J connectivity index is 1.67. The van der Waals surface area contributed by atoms with Crippen LogP contribution >= 0.6 is 0 Å². The lowest BCUT2D eigenvalue weighted by Crippen LogP contribution is -2.43. The topological polar surface area (TPSA) is 67.9 Å². The van der Waals surface area contributed by atoms with Crippen molar-refractivity contribution in [2.75, 3.05) is 40.0 Å². The van der Waals surface area contributed by atoms with E-state index < -0.39 is 5.97 Å². The van der Waals surface area contributed by atoms with Crippen LogP contribution < -0.4 is 5.32 Å². The number of hydrogen-bond donors (Lipinski definition) is 1. The summed E-state index contributed by atoms with van der Waals surface area (Å²) in [5, 5.41) is 3.02. The standard InChI is InChI=1S/C21H24N2O4/c1-26-21(25)18-9-7-17(8-10-18)20(24)22-15-19(16-5-3-2-4-6-16)23-11-13-27-14-12-23/h2-10,19H,11-15H2,1H3,(H,22,24). The van der Waals surface area contributed by atoms with E-state index >= 15 is 0 Å². The molecule has 0 saturated carbocycles. The summed E-state index contributed by atoms with van der Waals surface area (Å²) < 4.78 is 10.1. The van der Waals surface area contributed by atoms with Crippen molar-refractivity contribution in [1.82, 2.24) is 10.2 Å². The van der Waals surface area contributed by atoms with Crippen LogP contribution in [0.1, 0.15) is 32.3 Å². The van der Waals surface area contributed by atoms with Gasteiger partial charge >= 0.3 is 5.97 Å². The Hall–Kier alpha value is -2.70. The number of nitrogens with zero attached hydrogens (tertiary/aromatic N) is 1. The average Bonchev–Trinajstić information content (AvgIpc) is 2.75. The molecule has 0 spiro atoms. The molecule has 0 radical (unpaired) electrons. The molecule has 0 aromatic heterocycles. The first-order chi connectivity index (χ1) is 13.2. The predicted molar refractivity (Wildman–Crippen MR) is 102 cm³/mol. The van der Waals surface area contributed by atoms with Crippen molar-refractivity contribution < 1.29 is 19.1 Å². The van der Waals surface area contributed by atoms with Gasteiger partial charge in [0.05, 0.1) is 31.9 Å². The van der Waals surface area contributed by atoms with Crippen molar-refractivity contribution in [2.45, 2.75) is 6.04 Å². The van der Waals surface area contributed by atoms with Gasteiger partial charge in [-0.2, -0.15) is 0 Å². The highest BCUT2D eigenvalue weighted by Crippen LogP contribution is 2.21. The third-order valence-electron chi connectivity index (χ3n) is 4.69. The lowest BCUT2D eigenvalue weighted by atomic mass is 10.0. The number of rotatable bonds is 6. The van der Waals surface area contributed by atoms with E-state index in [0.717, 1.165) is 13.1 Å². The second-order valence-electron chi connectivity index (χ2n) is 6.35. The van der Waals surface area contributed by atoms with Gasteiger partial charge in [-0.1, -0.05) is 30.3 Å². The van der Waals surface area contributed by atoms with E-state index in [9.17, 15) is 9.59 Å². The minimum atomic E-state index is -0.418. The van der Waals surface area contributed by atoms with Crippen molar-refractivity contribution in [3.05, 3.63) is 71.3 Å². The van der Waals surface area contributed by atoms with Crippen molar-refractivity contribution >= 4 is 11.9 Å². The normalized spacial score (nSPS) is 15.7. The smallest absolute Gasteiger partial charge is 0.337 e. The number of benzene rings is 2. The van der Waals surface area contributed by atoms with E-state index in [1.165, 1.54) is 12.7 Å². The number of carbonyl (C=O) groups excluding carboxylic acids is 2. The number of morpholine rings is 1. The molecule has 1 amide bonds. The molecule has 1 heterocycles. The molecule has 0 bridgehead atoms. The molecule has 6 nitrogen and oxygen atoms in total. The maximum Gasteiger partial charge on any atom is 0.337 e. The fourth-order valence-electron chi connectivity index (χ4n) is 3.19. The quantitative estimate of drug-likeness (QED) is 0.793. The van der Waals surface area contributed by atoms with Gasteiger partial charge < -0.3 is 14.8 Å². The first-order valence-electron chi connectivity index (χ1n) is 9.02. The Morgan fingerprint density at radius 2 is 1.67 bits per heavy atom. The van der Waals surface area contributed by atoms with Crippen molar-refractivity contribution in [3.8, 4) is 0 Å². The van der Waals surface area contributed by atoms with Gasteiger partial charge in [0.25, 0.3) is 5.91 Å². The van der Waals surface area contributed by atoms with Gasteiger partial charge in [0.1, 0.15) is 0 Å². The highest BCUT2D eigenvalue weighted by Gasteiger charge is 2.23. The summed E-state index contributed by atoms with van der Waals surface area (Å²) in [4.78, 5) is 26.4. The molecule has 1 saturated heterocycles. The molecule has 1 atom stereocenters. The fraction of sp³-hybridized carbons (Fsp3) is 0.333. The van der Waals surface area contributed by atoms with Gasteiger partial charge in [-0.15, -0.1) is 0 Å². The van der Waals surface area contributed by atoms with E-state index in [2.05, 4.69) is 27.1 Å². The summed E-state index contributed by atoms with van der Waals surface area (Å²) in [6, 6.07) is 16.7. The summed E-state index contributed by atoms with van der Waals surface area (Å²) in [5.74, 6) is -0.584. The number of esters is 1. The highest BCUT2D eigenvalue weighted by molar-refractivity contribution is 5.96. The molecule has 2 aromatic rings. The molecule has 0 aliphatic carbocycles. The number of carbonyl (C=O) groups is 2. The highest BCUT2D eigenvalue weighted by atomic mass is 16.5. The molecule has 2 aromatic carbocycles. The monoisotopic (exact) mass is 368 g/mol. The molecule has 1 aliphatic rings.